The van der Waals surface area contributed by atoms with E-state index in [0.717, 1.165) is 6.26 Å². The molecule has 0 spiro atoms. The third-order valence-electron chi connectivity index (χ3n) is 2.72. The average molecular weight is 374 g/mol. The Morgan fingerprint density at radius 1 is 1.16 bits per heavy atom. The van der Waals surface area contributed by atoms with Gasteiger partial charge < -0.3 is 18.9 Å². The molecule has 25 heavy (non-hydrogen) atoms. The second-order valence-electron chi connectivity index (χ2n) is 4.54. The average Bonchev–Trinajstić information content (AvgIpc) is 2.57. The van der Waals surface area contributed by atoms with Gasteiger partial charge in [0.1, 0.15) is 6.61 Å². The maximum atomic E-state index is 12.2. The number of hydrogen-bond acceptors (Lipinski definition) is 9. The molecule has 0 aliphatic carbocycles. The topological polar surface area (TPSA) is 110 Å². The van der Waals surface area contributed by atoms with Crippen LogP contribution in [0.15, 0.2) is 23.4 Å². The van der Waals surface area contributed by atoms with E-state index in [1.54, 1.807) is 0 Å². The molecule has 10 heteroatoms. The van der Waals surface area contributed by atoms with E-state index in [4.69, 9.17) is 18.9 Å². The van der Waals surface area contributed by atoms with Crippen molar-refractivity contribution in [3.63, 3.8) is 0 Å². The number of esters is 1. The fourth-order valence-corrected chi connectivity index (χ4v) is 1.87. The van der Waals surface area contributed by atoms with Gasteiger partial charge in [-0.3, -0.25) is 4.28 Å². The molecule has 0 aliphatic rings. The minimum absolute atomic E-state index is 0.0560. The number of carbonyl (C=O) groups is 1. The van der Waals surface area contributed by atoms with E-state index in [-0.39, 0.29) is 31.1 Å². The fourth-order valence-electron chi connectivity index (χ4n) is 1.66. The van der Waals surface area contributed by atoms with E-state index in [9.17, 15) is 13.2 Å². The van der Waals surface area contributed by atoms with Crippen molar-refractivity contribution in [2.75, 3.05) is 40.3 Å². The Bertz CT molecular complexity index is 714. The standard InChI is InChI=1S/C15H20NO8S/c1-5-22-8-9-23-15(17)14(16-24-25(4,18)19)11-6-7-12(20-2)13(10-11)21-3/h6-7,10H,1,5,8-9H2,2-4H3. The molecule has 0 aliphatic heterocycles. The van der Waals surface area contributed by atoms with E-state index in [0.29, 0.717) is 11.5 Å². The Kier molecular flexibility index (Phi) is 8.16. The molecule has 1 aromatic rings. The lowest BCUT2D eigenvalue weighted by Gasteiger charge is -2.11. The highest BCUT2D eigenvalue weighted by Crippen LogP contribution is 2.28. The molecule has 1 radical (unpaired) electrons. The van der Waals surface area contributed by atoms with Crippen LogP contribution in [0.5, 0.6) is 11.5 Å². The summed E-state index contributed by atoms with van der Waals surface area (Å²) in [6.07, 6.45) is 0.802. The first-order valence-electron chi connectivity index (χ1n) is 7.05. The van der Waals surface area contributed by atoms with Gasteiger partial charge in [0.2, 0.25) is 0 Å². The molecule has 1 rings (SSSR count). The summed E-state index contributed by atoms with van der Waals surface area (Å²) >= 11 is 0. The maximum Gasteiger partial charge on any atom is 0.361 e. The second kappa shape index (κ2) is 9.84. The van der Waals surface area contributed by atoms with Crippen LogP contribution in [0.25, 0.3) is 0 Å². The Morgan fingerprint density at radius 2 is 1.84 bits per heavy atom. The number of methoxy groups -OCH3 is 2. The number of carbonyl (C=O) groups excluding carboxylic acids is 1. The summed E-state index contributed by atoms with van der Waals surface area (Å²) in [5, 5.41) is 3.40. The Morgan fingerprint density at radius 3 is 2.40 bits per heavy atom. The largest absolute Gasteiger partial charge is 0.493 e. The van der Waals surface area contributed by atoms with Gasteiger partial charge in [-0.05, 0) is 25.1 Å². The maximum absolute atomic E-state index is 12.2. The molecule has 9 nitrogen and oxygen atoms in total. The Labute approximate surface area is 146 Å². The summed E-state index contributed by atoms with van der Waals surface area (Å²) in [5.41, 5.74) is -0.120. The van der Waals surface area contributed by atoms with Gasteiger partial charge in [-0.25, -0.2) is 4.79 Å². The molecule has 0 saturated heterocycles. The third-order valence-corrected chi connectivity index (χ3v) is 3.06. The predicted molar refractivity (Wildman–Crippen MR) is 89.1 cm³/mol. The van der Waals surface area contributed by atoms with Crippen LogP contribution in [-0.2, 0) is 28.7 Å². The minimum atomic E-state index is -3.90. The van der Waals surface area contributed by atoms with Gasteiger partial charge in [-0.2, -0.15) is 8.42 Å². The van der Waals surface area contributed by atoms with Crippen LogP contribution in [0.1, 0.15) is 5.56 Å². The molecule has 0 bridgehead atoms. The fraction of sp³-hybridized carbons (Fsp3) is 0.400. The van der Waals surface area contributed by atoms with Gasteiger partial charge in [-0.15, -0.1) is 0 Å². The quantitative estimate of drug-likeness (QED) is 0.256. The molecule has 0 unspecified atom stereocenters. The van der Waals surface area contributed by atoms with E-state index >= 15 is 0 Å². The predicted octanol–water partition coefficient (Wildman–Crippen LogP) is 0.778. The van der Waals surface area contributed by atoms with Gasteiger partial charge in [0.05, 0.1) is 27.1 Å². The van der Waals surface area contributed by atoms with Crippen molar-refractivity contribution >= 4 is 21.8 Å². The lowest BCUT2D eigenvalue weighted by atomic mass is 10.1. The van der Waals surface area contributed by atoms with Gasteiger partial charge in [0, 0.05) is 12.2 Å². The number of ether oxygens (including phenoxy) is 4. The van der Waals surface area contributed by atoms with Crippen molar-refractivity contribution in [3.8, 4) is 11.5 Å². The molecule has 139 valence electrons. The first kappa shape index (κ1) is 20.7. The summed E-state index contributed by atoms with van der Waals surface area (Å²) in [6.45, 7) is 3.79. The molecule has 0 saturated carbocycles. The molecular weight excluding hydrogens is 354 g/mol. The number of hydrogen-bond donors (Lipinski definition) is 0. The van der Waals surface area contributed by atoms with E-state index in [1.165, 1.54) is 32.4 Å². The van der Waals surface area contributed by atoms with Gasteiger partial charge in [0.25, 0.3) is 0 Å². The number of rotatable bonds is 10. The molecular formula is C15H20NO8S. The lowest BCUT2D eigenvalue weighted by molar-refractivity contribution is -0.137. The Hall–Kier alpha value is -2.33. The van der Waals surface area contributed by atoms with Gasteiger partial charge in [-0.1, -0.05) is 5.16 Å². The van der Waals surface area contributed by atoms with Crippen LogP contribution >= 0.6 is 0 Å². The zero-order valence-electron chi connectivity index (χ0n) is 14.2. The molecule has 0 N–H and O–H groups in total. The molecule has 0 fully saturated rings. The van der Waals surface area contributed by atoms with E-state index < -0.39 is 16.1 Å². The van der Waals surface area contributed by atoms with Crippen LogP contribution in [0, 0.1) is 6.92 Å². The van der Waals surface area contributed by atoms with Crippen molar-refractivity contribution in [2.24, 2.45) is 5.16 Å². The van der Waals surface area contributed by atoms with Crippen molar-refractivity contribution in [1.82, 2.24) is 0 Å². The second-order valence-corrected chi connectivity index (χ2v) is 6.09. The number of benzene rings is 1. The van der Waals surface area contributed by atoms with Crippen LogP contribution in [-0.4, -0.2) is 60.4 Å². The van der Waals surface area contributed by atoms with Crippen LogP contribution in [0.4, 0.5) is 0 Å². The smallest absolute Gasteiger partial charge is 0.361 e. The van der Waals surface area contributed by atoms with E-state index in [2.05, 4.69) is 16.4 Å². The lowest BCUT2D eigenvalue weighted by Crippen LogP contribution is -2.22. The highest BCUT2D eigenvalue weighted by atomic mass is 32.2. The summed E-state index contributed by atoms with van der Waals surface area (Å²) in [6, 6.07) is 4.46. The minimum Gasteiger partial charge on any atom is -0.493 e. The van der Waals surface area contributed by atoms with Gasteiger partial charge >= 0.3 is 16.1 Å². The Balaban J connectivity index is 3.12. The highest BCUT2D eigenvalue weighted by Gasteiger charge is 2.20. The first-order chi connectivity index (χ1) is 11.8. The van der Waals surface area contributed by atoms with Crippen LogP contribution < -0.4 is 9.47 Å². The summed E-state index contributed by atoms with van der Waals surface area (Å²) in [5.74, 6) is -0.143. The molecule has 0 heterocycles. The highest BCUT2D eigenvalue weighted by molar-refractivity contribution is 7.85. The number of nitrogens with zero attached hydrogens (tertiary/aromatic N) is 1. The van der Waals surface area contributed by atoms with Gasteiger partial charge in [0.15, 0.2) is 17.2 Å². The first-order valence-corrected chi connectivity index (χ1v) is 8.87. The van der Waals surface area contributed by atoms with Crippen molar-refractivity contribution in [1.29, 1.82) is 0 Å². The summed E-state index contributed by atoms with van der Waals surface area (Å²) in [4.78, 5) is 12.2. The SMILES string of the molecule is [CH2]COCCOC(=O)C(=NOS(C)(=O)=O)c1ccc(OC)c(OC)c1. The summed E-state index contributed by atoms with van der Waals surface area (Å²) < 4.78 is 46.9. The normalized spacial score (nSPS) is 11.8. The zero-order chi connectivity index (χ0) is 18.9. The van der Waals surface area contributed by atoms with Crippen molar-refractivity contribution in [3.05, 3.63) is 30.7 Å². The molecule has 0 atom stereocenters. The summed E-state index contributed by atoms with van der Waals surface area (Å²) in [7, 11) is -1.03. The molecule has 0 aromatic heterocycles. The van der Waals surface area contributed by atoms with Crippen LogP contribution in [0.3, 0.4) is 0 Å². The van der Waals surface area contributed by atoms with E-state index in [1.807, 2.05) is 0 Å². The molecule has 0 amide bonds. The van der Waals surface area contributed by atoms with Crippen molar-refractivity contribution in [2.45, 2.75) is 0 Å². The zero-order valence-corrected chi connectivity index (χ0v) is 15.0. The third kappa shape index (κ3) is 6.98. The van der Waals surface area contributed by atoms with Crippen molar-refractivity contribution < 1.29 is 36.4 Å². The number of oxime groups is 1. The van der Waals surface area contributed by atoms with Crippen LogP contribution in [0.2, 0.25) is 0 Å². The monoisotopic (exact) mass is 374 g/mol. The molecule has 1 aromatic carbocycles.